The Morgan fingerprint density at radius 1 is 1.37 bits per heavy atom. The number of benzene rings is 1. The van der Waals surface area contributed by atoms with E-state index in [1.54, 1.807) is 12.1 Å². The Kier molecular flexibility index (Phi) is 4.17. The molecule has 102 valence electrons. The number of amides is 1. The lowest BCUT2D eigenvalue weighted by molar-refractivity contribution is -0.153. The molecule has 0 spiro atoms. The van der Waals surface area contributed by atoms with Crippen LogP contribution in [0, 0.1) is 5.92 Å². The minimum atomic E-state index is -0.886. The first kappa shape index (κ1) is 14.0. The fourth-order valence-electron chi connectivity index (χ4n) is 1.66. The van der Waals surface area contributed by atoms with Crippen molar-refractivity contribution >= 4 is 35.1 Å². The summed E-state index contributed by atoms with van der Waals surface area (Å²) >= 11 is 11.7. The molecule has 19 heavy (non-hydrogen) atoms. The molecule has 1 aromatic carbocycles. The van der Waals surface area contributed by atoms with Gasteiger partial charge in [0.25, 0.3) is 5.91 Å². The number of carboxylic acid groups (broad SMARTS) is 1. The molecule has 0 saturated carbocycles. The molecule has 1 heterocycles. The van der Waals surface area contributed by atoms with Crippen molar-refractivity contribution in [2.24, 2.45) is 5.92 Å². The van der Waals surface area contributed by atoms with E-state index in [2.05, 4.69) is 0 Å². The van der Waals surface area contributed by atoms with Crippen LogP contribution in [0.3, 0.4) is 0 Å². The molecule has 0 atom stereocenters. The van der Waals surface area contributed by atoms with Crippen LogP contribution in [0.25, 0.3) is 0 Å². The first-order chi connectivity index (χ1) is 8.97. The highest BCUT2D eigenvalue weighted by Gasteiger charge is 2.35. The number of hydrogen-bond acceptors (Lipinski definition) is 3. The average Bonchev–Trinajstić information content (AvgIpc) is 2.28. The molecule has 1 aliphatic heterocycles. The molecule has 1 N–H and O–H groups in total. The Morgan fingerprint density at radius 2 is 2.05 bits per heavy atom. The second-order valence-electron chi connectivity index (χ2n) is 4.20. The molecule has 0 radical (unpaired) electrons. The topological polar surface area (TPSA) is 66.8 Å². The first-order valence-electron chi connectivity index (χ1n) is 5.56. The SMILES string of the molecule is O=C(O)C1CN(C(=O)COc2cc(Cl)ccc2Cl)C1. The number of hydrogen-bond donors (Lipinski definition) is 1. The fourth-order valence-corrected chi connectivity index (χ4v) is 1.99. The molecule has 0 unspecified atom stereocenters. The quantitative estimate of drug-likeness (QED) is 0.923. The number of carbonyl (C=O) groups excluding carboxylic acids is 1. The summed E-state index contributed by atoms with van der Waals surface area (Å²) in [6.07, 6.45) is 0. The Labute approximate surface area is 119 Å². The van der Waals surface area contributed by atoms with E-state index < -0.39 is 11.9 Å². The van der Waals surface area contributed by atoms with E-state index in [9.17, 15) is 9.59 Å². The zero-order chi connectivity index (χ0) is 14.0. The third kappa shape index (κ3) is 3.30. The number of nitrogens with zero attached hydrogens (tertiary/aromatic N) is 1. The van der Waals surface area contributed by atoms with Crippen LogP contribution in [0.2, 0.25) is 10.0 Å². The Hall–Kier alpha value is -1.46. The van der Waals surface area contributed by atoms with E-state index in [1.165, 1.54) is 11.0 Å². The molecule has 0 aromatic heterocycles. The van der Waals surface area contributed by atoms with Crippen LogP contribution in [0.15, 0.2) is 18.2 Å². The number of ether oxygens (including phenoxy) is 1. The van der Waals surface area contributed by atoms with Gasteiger partial charge in [0, 0.05) is 24.2 Å². The minimum absolute atomic E-state index is 0.188. The van der Waals surface area contributed by atoms with Crippen molar-refractivity contribution in [3.05, 3.63) is 28.2 Å². The molecular formula is C12H11Cl2NO4. The molecule has 1 saturated heterocycles. The zero-order valence-electron chi connectivity index (χ0n) is 9.81. The Bertz CT molecular complexity index is 514. The van der Waals surface area contributed by atoms with Crippen LogP contribution >= 0.6 is 23.2 Å². The van der Waals surface area contributed by atoms with Gasteiger partial charge in [0.15, 0.2) is 6.61 Å². The van der Waals surface area contributed by atoms with Crippen molar-refractivity contribution in [3.63, 3.8) is 0 Å². The van der Waals surface area contributed by atoms with Gasteiger partial charge >= 0.3 is 5.97 Å². The second-order valence-corrected chi connectivity index (χ2v) is 5.04. The molecule has 5 nitrogen and oxygen atoms in total. The van der Waals surface area contributed by atoms with Crippen molar-refractivity contribution in [2.75, 3.05) is 19.7 Å². The lowest BCUT2D eigenvalue weighted by Gasteiger charge is -2.36. The number of aliphatic carboxylic acids is 1. The van der Waals surface area contributed by atoms with E-state index in [0.717, 1.165) is 0 Å². The first-order valence-corrected chi connectivity index (χ1v) is 6.31. The van der Waals surface area contributed by atoms with Crippen LogP contribution in [-0.2, 0) is 9.59 Å². The summed E-state index contributed by atoms with van der Waals surface area (Å²) in [4.78, 5) is 23.7. The molecular weight excluding hydrogens is 293 g/mol. The van der Waals surface area contributed by atoms with Crippen molar-refractivity contribution in [1.29, 1.82) is 0 Å². The molecule has 0 aliphatic carbocycles. The summed E-state index contributed by atoms with van der Waals surface area (Å²) in [6, 6.07) is 4.71. The number of halogens is 2. The Balaban J connectivity index is 1.84. The lowest BCUT2D eigenvalue weighted by Crippen LogP contribution is -2.54. The maximum atomic E-state index is 11.7. The molecule has 1 aliphatic rings. The Morgan fingerprint density at radius 3 is 2.68 bits per heavy atom. The van der Waals surface area contributed by atoms with Crippen molar-refractivity contribution in [2.45, 2.75) is 0 Å². The van der Waals surface area contributed by atoms with Crippen molar-refractivity contribution < 1.29 is 19.4 Å². The van der Waals surface area contributed by atoms with E-state index in [4.69, 9.17) is 33.0 Å². The van der Waals surface area contributed by atoms with E-state index in [-0.39, 0.29) is 25.6 Å². The maximum absolute atomic E-state index is 11.7. The molecule has 0 bridgehead atoms. The van der Waals surface area contributed by atoms with E-state index >= 15 is 0 Å². The van der Waals surface area contributed by atoms with Gasteiger partial charge in [-0.15, -0.1) is 0 Å². The van der Waals surface area contributed by atoms with Crippen LogP contribution in [0.4, 0.5) is 0 Å². The molecule has 1 fully saturated rings. The van der Waals surface area contributed by atoms with Gasteiger partial charge in [-0.1, -0.05) is 23.2 Å². The van der Waals surface area contributed by atoms with Gasteiger partial charge in [0.1, 0.15) is 5.75 Å². The predicted octanol–water partition coefficient (Wildman–Crippen LogP) is 1.92. The van der Waals surface area contributed by atoms with Gasteiger partial charge in [0.05, 0.1) is 10.9 Å². The van der Waals surface area contributed by atoms with Gasteiger partial charge in [-0.05, 0) is 12.1 Å². The van der Waals surface area contributed by atoms with Gasteiger partial charge < -0.3 is 14.7 Å². The number of carbonyl (C=O) groups is 2. The summed E-state index contributed by atoms with van der Waals surface area (Å²) < 4.78 is 5.28. The molecule has 1 amide bonds. The molecule has 1 aromatic rings. The summed E-state index contributed by atoms with van der Waals surface area (Å²) in [5.41, 5.74) is 0. The molecule has 2 rings (SSSR count). The smallest absolute Gasteiger partial charge is 0.310 e. The van der Waals surface area contributed by atoms with Gasteiger partial charge in [-0.3, -0.25) is 9.59 Å². The van der Waals surface area contributed by atoms with Gasteiger partial charge in [-0.2, -0.15) is 0 Å². The van der Waals surface area contributed by atoms with Crippen LogP contribution < -0.4 is 4.74 Å². The normalized spacial score (nSPS) is 14.9. The van der Waals surface area contributed by atoms with Crippen LogP contribution in [-0.4, -0.2) is 41.6 Å². The van der Waals surface area contributed by atoms with Crippen LogP contribution in [0.1, 0.15) is 0 Å². The third-order valence-corrected chi connectivity index (χ3v) is 3.38. The van der Waals surface area contributed by atoms with Crippen molar-refractivity contribution in [3.8, 4) is 5.75 Å². The van der Waals surface area contributed by atoms with E-state index in [0.29, 0.717) is 15.8 Å². The largest absolute Gasteiger partial charge is 0.482 e. The minimum Gasteiger partial charge on any atom is -0.482 e. The molecule has 7 heteroatoms. The summed E-state index contributed by atoms with van der Waals surface area (Å²) in [6.45, 7) is 0.258. The average molecular weight is 304 g/mol. The number of carboxylic acids is 1. The predicted molar refractivity (Wildman–Crippen MR) is 69.7 cm³/mol. The fraction of sp³-hybridized carbons (Fsp3) is 0.333. The summed E-state index contributed by atoms with van der Waals surface area (Å²) in [5, 5.41) is 9.53. The van der Waals surface area contributed by atoms with Crippen LogP contribution in [0.5, 0.6) is 5.75 Å². The van der Waals surface area contributed by atoms with Gasteiger partial charge in [0.2, 0.25) is 0 Å². The maximum Gasteiger partial charge on any atom is 0.310 e. The third-order valence-electron chi connectivity index (χ3n) is 2.83. The number of likely N-dealkylation sites (tertiary alicyclic amines) is 1. The van der Waals surface area contributed by atoms with Gasteiger partial charge in [-0.25, -0.2) is 0 Å². The highest BCUT2D eigenvalue weighted by atomic mass is 35.5. The summed E-state index contributed by atoms with van der Waals surface area (Å²) in [7, 11) is 0. The highest BCUT2D eigenvalue weighted by molar-refractivity contribution is 6.34. The summed E-state index contributed by atoms with van der Waals surface area (Å²) in [5.74, 6) is -1.30. The highest BCUT2D eigenvalue weighted by Crippen LogP contribution is 2.27. The number of rotatable bonds is 4. The standard InChI is InChI=1S/C12H11Cl2NO4/c13-8-1-2-9(14)10(3-8)19-6-11(16)15-4-7(5-15)12(17)18/h1-3,7H,4-6H2,(H,17,18). The monoisotopic (exact) mass is 303 g/mol. The van der Waals surface area contributed by atoms with E-state index in [1.807, 2.05) is 0 Å². The lowest BCUT2D eigenvalue weighted by atomic mass is 10.0. The van der Waals surface area contributed by atoms with Crippen molar-refractivity contribution in [1.82, 2.24) is 4.90 Å². The second kappa shape index (κ2) is 5.67. The zero-order valence-corrected chi connectivity index (χ0v) is 11.3.